The fraction of sp³-hybridized carbons (Fsp3) is 0.556. The molecule has 1 aliphatic rings. The van der Waals surface area contributed by atoms with E-state index in [1.54, 1.807) is 12.1 Å². The largest absolute Gasteiger partial charge is 0.369 e. The fourth-order valence-electron chi connectivity index (χ4n) is 3.08. The van der Waals surface area contributed by atoms with Gasteiger partial charge in [0, 0.05) is 32.1 Å². The Balaban J connectivity index is 1.84. The summed E-state index contributed by atoms with van der Waals surface area (Å²) in [5.74, 6) is -0.596. The van der Waals surface area contributed by atoms with Gasteiger partial charge < -0.3 is 10.6 Å². The molecule has 0 spiro atoms. The Morgan fingerprint density at radius 3 is 2.67 bits per heavy atom. The number of primary amides is 1. The van der Waals surface area contributed by atoms with Gasteiger partial charge in [-0.25, -0.2) is 4.39 Å². The van der Waals surface area contributed by atoms with Gasteiger partial charge in [0.25, 0.3) is 0 Å². The Labute approximate surface area is 142 Å². The second kappa shape index (κ2) is 8.78. The molecule has 1 heterocycles. The predicted molar refractivity (Wildman–Crippen MR) is 90.7 cm³/mol. The van der Waals surface area contributed by atoms with E-state index in [0.717, 1.165) is 13.0 Å². The molecular weight excluding hydrogens is 309 g/mol. The summed E-state index contributed by atoms with van der Waals surface area (Å²) in [6.45, 7) is 4.87. The summed E-state index contributed by atoms with van der Waals surface area (Å²) >= 11 is 0. The van der Waals surface area contributed by atoms with E-state index in [0.29, 0.717) is 38.0 Å². The van der Waals surface area contributed by atoms with E-state index in [9.17, 15) is 14.0 Å². The van der Waals surface area contributed by atoms with Crippen LogP contribution >= 0.6 is 0 Å². The van der Waals surface area contributed by atoms with Crippen molar-refractivity contribution in [2.45, 2.75) is 26.2 Å². The van der Waals surface area contributed by atoms with Gasteiger partial charge in [-0.2, -0.15) is 0 Å². The second-order valence-electron chi connectivity index (χ2n) is 6.45. The average molecular weight is 335 g/mol. The third-order valence-corrected chi connectivity index (χ3v) is 4.51. The van der Waals surface area contributed by atoms with E-state index in [2.05, 4.69) is 0 Å². The summed E-state index contributed by atoms with van der Waals surface area (Å²) in [6, 6.07) is 6.69. The standard InChI is InChI=1S/C18H26FN3O2/c1-14(7-8-15-5-2-3-6-16(15)19)18(24)22-10-4-9-21(11-12-22)13-17(20)23/h2-3,5-6,14H,4,7-13H2,1H3,(H2,20,23)/t14-/m0/s1. The van der Waals surface area contributed by atoms with E-state index in [1.165, 1.54) is 6.07 Å². The molecule has 1 saturated heterocycles. The van der Waals surface area contributed by atoms with Crippen LogP contribution in [0.1, 0.15) is 25.3 Å². The van der Waals surface area contributed by atoms with Gasteiger partial charge in [0.05, 0.1) is 6.54 Å². The molecule has 0 bridgehead atoms. The third-order valence-electron chi connectivity index (χ3n) is 4.51. The Bertz CT molecular complexity index is 579. The molecule has 1 aliphatic heterocycles. The van der Waals surface area contributed by atoms with Crippen LogP contribution in [0, 0.1) is 11.7 Å². The molecule has 1 aromatic carbocycles. The fourth-order valence-corrected chi connectivity index (χ4v) is 3.08. The smallest absolute Gasteiger partial charge is 0.231 e. The Morgan fingerprint density at radius 2 is 1.96 bits per heavy atom. The highest BCUT2D eigenvalue weighted by Crippen LogP contribution is 2.16. The first-order valence-corrected chi connectivity index (χ1v) is 8.50. The molecule has 1 atom stereocenters. The highest BCUT2D eigenvalue weighted by atomic mass is 19.1. The number of hydrogen-bond donors (Lipinski definition) is 1. The van der Waals surface area contributed by atoms with Crippen LogP contribution in [0.15, 0.2) is 24.3 Å². The molecule has 132 valence electrons. The number of hydrogen-bond acceptors (Lipinski definition) is 3. The summed E-state index contributed by atoms with van der Waals surface area (Å²) in [5, 5.41) is 0. The number of nitrogens with zero attached hydrogens (tertiary/aromatic N) is 2. The van der Waals surface area contributed by atoms with Crippen molar-refractivity contribution < 1.29 is 14.0 Å². The van der Waals surface area contributed by atoms with Gasteiger partial charge in [-0.3, -0.25) is 14.5 Å². The number of carbonyl (C=O) groups is 2. The first-order valence-electron chi connectivity index (χ1n) is 8.50. The van der Waals surface area contributed by atoms with Crippen LogP contribution in [-0.4, -0.2) is 54.3 Å². The predicted octanol–water partition coefficient (Wildman–Crippen LogP) is 1.41. The maximum absolute atomic E-state index is 13.7. The molecule has 0 radical (unpaired) electrons. The number of benzene rings is 1. The first kappa shape index (κ1) is 18.4. The molecule has 0 saturated carbocycles. The molecule has 2 amide bonds. The van der Waals surface area contributed by atoms with E-state index in [1.807, 2.05) is 22.8 Å². The summed E-state index contributed by atoms with van der Waals surface area (Å²) < 4.78 is 13.7. The molecule has 5 nitrogen and oxygen atoms in total. The molecular formula is C18H26FN3O2. The molecule has 6 heteroatoms. The van der Waals surface area contributed by atoms with Crippen LogP contribution in [0.25, 0.3) is 0 Å². The Hall–Kier alpha value is -1.95. The minimum atomic E-state index is -0.340. The average Bonchev–Trinajstić information content (AvgIpc) is 2.78. The van der Waals surface area contributed by atoms with Crippen LogP contribution in [0.4, 0.5) is 4.39 Å². The van der Waals surface area contributed by atoms with Crippen LogP contribution in [0.5, 0.6) is 0 Å². The van der Waals surface area contributed by atoms with Crippen LogP contribution in [0.3, 0.4) is 0 Å². The molecule has 0 aromatic heterocycles. The SMILES string of the molecule is C[C@@H](CCc1ccccc1F)C(=O)N1CCCN(CC(N)=O)CC1. The molecule has 0 aliphatic carbocycles. The van der Waals surface area contributed by atoms with Crippen LogP contribution in [-0.2, 0) is 16.0 Å². The molecule has 2 rings (SSSR count). The summed E-state index contributed by atoms with van der Waals surface area (Å²) in [4.78, 5) is 27.5. The Morgan fingerprint density at radius 1 is 1.21 bits per heavy atom. The van der Waals surface area contributed by atoms with E-state index in [-0.39, 0.29) is 30.1 Å². The minimum Gasteiger partial charge on any atom is -0.369 e. The number of nitrogens with two attached hydrogens (primary N) is 1. The van der Waals surface area contributed by atoms with Gasteiger partial charge in [0.15, 0.2) is 0 Å². The zero-order chi connectivity index (χ0) is 17.5. The topological polar surface area (TPSA) is 66.6 Å². The zero-order valence-electron chi connectivity index (χ0n) is 14.2. The number of carbonyl (C=O) groups excluding carboxylic acids is 2. The van der Waals surface area contributed by atoms with E-state index < -0.39 is 0 Å². The quantitative estimate of drug-likeness (QED) is 0.855. The van der Waals surface area contributed by atoms with Crippen LogP contribution < -0.4 is 5.73 Å². The molecule has 24 heavy (non-hydrogen) atoms. The number of aryl methyl sites for hydroxylation is 1. The normalized spacial score (nSPS) is 17.3. The maximum Gasteiger partial charge on any atom is 0.231 e. The van der Waals surface area contributed by atoms with Crippen molar-refractivity contribution in [1.82, 2.24) is 9.80 Å². The summed E-state index contributed by atoms with van der Waals surface area (Å²) in [5.41, 5.74) is 5.89. The lowest BCUT2D eigenvalue weighted by Gasteiger charge is -2.24. The molecule has 1 aromatic rings. The number of halogens is 1. The summed E-state index contributed by atoms with van der Waals surface area (Å²) in [7, 11) is 0. The molecule has 2 N–H and O–H groups in total. The highest BCUT2D eigenvalue weighted by molar-refractivity contribution is 5.78. The monoisotopic (exact) mass is 335 g/mol. The highest BCUT2D eigenvalue weighted by Gasteiger charge is 2.23. The lowest BCUT2D eigenvalue weighted by Crippen LogP contribution is -2.40. The Kier molecular flexibility index (Phi) is 6.73. The summed E-state index contributed by atoms with van der Waals surface area (Å²) in [6.07, 6.45) is 2.02. The zero-order valence-corrected chi connectivity index (χ0v) is 14.2. The van der Waals surface area contributed by atoms with Crippen molar-refractivity contribution in [2.24, 2.45) is 11.7 Å². The lowest BCUT2D eigenvalue weighted by atomic mass is 9.99. The van der Waals surface area contributed by atoms with Gasteiger partial charge >= 0.3 is 0 Å². The maximum atomic E-state index is 13.7. The second-order valence-corrected chi connectivity index (χ2v) is 6.45. The number of rotatable bonds is 6. The van der Waals surface area contributed by atoms with Gasteiger partial charge in [-0.1, -0.05) is 25.1 Å². The van der Waals surface area contributed by atoms with Crippen LogP contribution in [0.2, 0.25) is 0 Å². The van der Waals surface area contributed by atoms with Gasteiger partial charge in [-0.05, 0) is 30.9 Å². The van der Waals surface area contributed by atoms with Crippen molar-refractivity contribution in [3.63, 3.8) is 0 Å². The minimum absolute atomic E-state index is 0.104. The van der Waals surface area contributed by atoms with Crippen molar-refractivity contribution >= 4 is 11.8 Å². The van der Waals surface area contributed by atoms with E-state index >= 15 is 0 Å². The first-order chi connectivity index (χ1) is 11.5. The third kappa shape index (κ3) is 5.30. The van der Waals surface area contributed by atoms with Crippen molar-refractivity contribution in [3.8, 4) is 0 Å². The lowest BCUT2D eigenvalue weighted by molar-refractivity contribution is -0.135. The van der Waals surface area contributed by atoms with Crippen molar-refractivity contribution in [2.75, 3.05) is 32.7 Å². The van der Waals surface area contributed by atoms with Crippen molar-refractivity contribution in [1.29, 1.82) is 0 Å². The van der Waals surface area contributed by atoms with Gasteiger partial charge in [0.1, 0.15) is 5.82 Å². The molecule has 0 unspecified atom stereocenters. The van der Waals surface area contributed by atoms with Gasteiger partial charge in [-0.15, -0.1) is 0 Å². The van der Waals surface area contributed by atoms with Crippen molar-refractivity contribution in [3.05, 3.63) is 35.6 Å². The van der Waals surface area contributed by atoms with Gasteiger partial charge in [0.2, 0.25) is 11.8 Å². The number of amides is 2. The van der Waals surface area contributed by atoms with E-state index in [4.69, 9.17) is 5.73 Å². The molecule has 1 fully saturated rings.